The number of hydrogen-bond donors (Lipinski definition) is 2. The summed E-state index contributed by atoms with van der Waals surface area (Å²) in [5.41, 5.74) is 1.53. The van der Waals surface area contributed by atoms with Gasteiger partial charge in [0.25, 0.3) is 0 Å². The van der Waals surface area contributed by atoms with Gasteiger partial charge in [0.1, 0.15) is 0 Å². The highest BCUT2D eigenvalue weighted by atomic mass is 35.5. The van der Waals surface area contributed by atoms with Crippen molar-refractivity contribution in [2.75, 3.05) is 25.0 Å². The first-order chi connectivity index (χ1) is 10.7. The number of aromatic nitrogens is 1. The molecule has 1 aromatic heterocycles. The van der Waals surface area contributed by atoms with Gasteiger partial charge in [0.05, 0.1) is 11.4 Å². The quantitative estimate of drug-likeness (QED) is 0.913. The van der Waals surface area contributed by atoms with E-state index in [-0.39, 0.29) is 18.6 Å². The number of aliphatic hydroxyl groups is 1. The van der Waals surface area contributed by atoms with Gasteiger partial charge in [0, 0.05) is 43.0 Å². The summed E-state index contributed by atoms with van der Waals surface area (Å²) in [7, 11) is 0. The highest BCUT2D eigenvalue weighted by molar-refractivity contribution is 6.30. The highest BCUT2D eigenvalue weighted by Crippen LogP contribution is 2.26. The lowest BCUT2D eigenvalue weighted by atomic mass is 10.1. The topological polar surface area (TPSA) is 57.5 Å². The van der Waals surface area contributed by atoms with Crippen LogP contribution in [0.15, 0.2) is 42.7 Å². The zero-order valence-electron chi connectivity index (χ0n) is 12.1. The Morgan fingerprint density at radius 1 is 1.36 bits per heavy atom. The first-order valence-electron chi connectivity index (χ1n) is 7.27. The molecule has 116 valence electrons. The second kappa shape index (κ2) is 6.42. The number of hydrogen-bond acceptors (Lipinski definition) is 2. The van der Waals surface area contributed by atoms with E-state index < -0.39 is 0 Å². The fourth-order valence-electron chi connectivity index (χ4n) is 2.68. The molecule has 1 saturated heterocycles. The van der Waals surface area contributed by atoms with E-state index in [1.54, 1.807) is 17.0 Å². The van der Waals surface area contributed by atoms with Crippen molar-refractivity contribution in [3.8, 4) is 5.69 Å². The predicted octanol–water partition coefficient (Wildman–Crippen LogP) is 2.98. The van der Waals surface area contributed by atoms with E-state index in [1.165, 1.54) is 0 Å². The maximum atomic E-state index is 12.4. The fourth-order valence-corrected chi connectivity index (χ4v) is 2.85. The largest absolute Gasteiger partial charge is 0.396 e. The Morgan fingerprint density at radius 3 is 2.82 bits per heavy atom. The number of carbonyl (C=O) groups is 1. The van der Waals surface area contributed by atoms with Crippen molar-refractivity contribution in [1.29, 1.82) is 0 Å². The minimum Gasteiger partial charge on any atom is -0.396 e. The molecule has 2 aromatic rings. The van der Waals surface area contributed by atoms with Crippen molar-refractivity contribution in [2.45, 2.75) is 6.42 Å². The molecule has 2 amide bonds. The minimum absolute atomic E-state index is 0.124. The molecule has 0 radical (unpaired) electrons. The molecule has 1 atom stereocenters. The number of nitrogens with one attached hydrogen (secondary N) is 1. The average molecular weight is 320 g/mol. The van der Waals surface area contributed by atoms with E-state index in [2.05, 4.69) is 5.32 Å². The van der Waals surface area contributed by atoms with Crippen LogP contribution in [0.1, 0.15) is 6.42 Å². The number of halogens is 1. The first-order valence-corrected chi connectivity index (χ1v) is 7.65. The molecule has 1 aliphatic rings. The van der Waals surface area contributed by atoms with Crippen LogP contribution in [0, 0.1) is 5.92 Å². The Morgan fingerprint density at radius 2 is 2.14 bits per heavy atom. The van der Waals surface area contributed by atoms with Crippen LogP contribution >= 0.6 is 11.6 Å². The van der Waals surface area contributed by atoms with Crippen molar-refractivity contribution < 1.29 is 9.90 Å². The Hall–Kier alpha value is -1.98. The fraction of sp³-hybridized carbons (Fsp3) is 0.312. The second-order valence-electron chi connectivity index (χ2n) is 5.47. The molecule has 5 nitrogen and oxygen atoms in total. The number of carbonyl (C=O) groups excluding carboxylic acids is 1. The van der Waals surface area contributed by atoms with Crippen molar-refractivity contribution in [3.05, 3.63) is 47.7 Å². The van der Waals surface area contributed by atoms with Gasteiger partial charge in [-0.25, -0.2) is 4.79 Å². The van der Waals surface area contributed by atoms with Crippen molar-refractivity contribution in [1.82, 2.24) is 9.47 Å². The van der Waals surface area contributed by atoms with E-state index in [1.807, 2.05) is 35.2 Å². The third-order valence-corrected chi connectivity index (χ3v) is 4.15. The molecule has 1 aliphatic heterocycles. The minimum atomic E-state index is -0.147. The molecular formula is C16H18ClN3O2. The van der Waals surface area contributed by atoms with Crippen LogP contribution in [-0.4, -0.2) is 40.3 Å². The van der Waals surface area contributed by atoms with Gasteiger partial charge in [-0.05, 0) is 36.8 Å². The monoisotopic (exact) mass is 319 g/mol. The van der Waals surface area contributed by atoms with Gasteiger partial charge in [-0.3, -0.25) is 0 Å². The molecule has 0 spiro atoms. The zero-order chi connectivity index (χ0) is 15.5. The molecule has 0 bridgehead atoms. The van der Waals surface area contributed by atoms with Crippen molar-refractivity contribution in [2.24, 2.45) is 5.92 Å². The van der Waals surface area contributed by atoms with Gasteiger partial charge < -0.3 is 19.9 Å². The summed E-state index contributed by atoms with van der Waals surface area (Å²) in [5.74, 6) is 0.180. The molecule has 3 rings (SSSR count). The number of urea groups is 1. The molecule has 0 saturated carbocycles. The highest BCUT2D eigenvalue weighted by Gasteiger charge is 2.26. The third-order valence-electron chi connectivity index (χ3n) is 3.92. The van der Waals surface area contributed by atoms with Crippen LogP contribution in [-0.2, 0) is 0 Å². The Bertz CT molecular complexity index is 657. The summed E-state index contributed by atoms with van der Waals surface area (Å²) in [6, 6.07) is 9.06. The van der Waals surface area contributed by atoms with E-state index in [4.69, 9.17) is 11.6 Å². The molecule has 1 unspecified atom stereocenters. The van der Waals surface area contributed by atoms with Crippen LogP contribution in [0.3, 0.4) is 0 Å². The number of aliphatic hydroxyl groups excluding tert-OH is 1. The summed E-state index contributed by atoms with van der Waals surface area (Å²) >= 11 is 6.07. The van der Waals surface area contributed by atoms with E-state index in [0.717, 1.165) is 12.1 Å². The van der Waals surface area contributed by atoms with Gasteiger partial charge in [-0.1, -0.05) is 11.6 Å². The van der Waals surface area contributed by atoms with E-state index >= 15 is 0 Å². The standard InChI is InChI=1S/C16H18ClN3O2/c17-13-3-4-14(15(9-13)19-6-1-2-7-19)18-16(22)20-8-5-12(10-20)11-21/h1-4,6-7,9,12,21H,5,8,10-11H2,(H,18,22). The summed E-state index contributed by atoms with van der Waals surface area (Å²) in [6.45, 7) is 1.39. The summed E-state index contributed by atoms with van der Waals surface area (Å²) in [5, 5.41) is 12.7. The molecule has 0 aliphatic carbocycles. The van der Waals surface area contributed by atoms with Crippen molar-refractivity contribution in [3.63, 3.8) is 0 Å². The smallest absolute Gasteiger partial charge is 0.321 e. The van der Waals surface area contributed by atoms with Gasteiger partial charge >= 0.3 is 6.03 Å². The predicted molar refractivity (Wildman–Crippen MR) is 86.6 cm³/mol. The second-order valence-corrected chi connectivity index (χ2v) is 5.90. The first kappa shape index (κ1) is 14.9. The summed E-state index contributed by atoms with van der Waals surface area (Å²) < 4.78 is 1.90. The van der Waals surface area contributed by atoms with Crippen LogP contribution in [0.2, 0.25) is 5.02 Å². The van der Waals surface area contributed by atoms with Gasteiger partial charge in [-0.2, -0.15) is 0 Å². The molecule has 1 fully saturated rings. The molecule has 2 N–H and O–H groups in total. The number of likely N-dealkylation sites (tertiary alicyclic amines) is 1. The Balaban J connectivity index is 1.79. The molecule has 6 heteroatoms. The van der Waals surface area contributed by atoms with Crippen LogP contribution in [0.4, 0.5) is 10.5 Å². The molecule has 2 heterocycles. The van der Waals surface area contributed by atoms with Crippen LogP contribution < -0.4 is 5.32 Å². The lowest BCUT2D eigenvalue weighted by molar-refractivity contribution is 0.209. The SMILES string of the molecule is O=C(Nc1ccc(Cl)cc1-n1cccc1)N1CCC(CO)C1. The van der Waals surface area contributed by atoms with Crippen LogP contribution in [0.5, 0.6) is 0 Å². The zero-order valence-corrected chi connectivity index (χ0v) is 12.8. The maximum Gasteiger partial charge on any atom is 0.321 e. The van der Waals surface area contributed by atoms with Gasteiger partial charge in [0.15, 0.2) is 0 Å². The van der Waals surface area contributed by atoms with Crippen molar-refractivity contribution >= 4 is 23.3 Å². The van der Waals surface area contributed by atoms with E-state index in [0.29, 0.717) is 23.8 Å². The Labute approximate surface area is 134 Å². The number of nitrogens with zero attached hydrogens (tertiary/aromatic N) is 2. The Kier molecular flexibility index (Phi) is 4.36. The lowest BCUT2D eigenvalue weighted by Crippen LogP contribution is -2.33. The molecule has 22 heavy (non-hydrogen) atoms. The van der Waals surface area contributed by atoms with Gasteiger partial charge in [0.2, 0.25) is 0 Å². The number of amides is 2. The molecular weight excluding hydrogens is 302 g/mol. The summed E-state index contributed by atoms with van der Waals surface area (Å²) in [4.78, 5) is 14.1. The lowest BCUT2D eigenvalue weighted by Gasteiger charge is -2.19. The van der Waals surface area contributed by atoms with E-state index in [9.17, 15) is 9.90 Å². The van der Waals surface area contributed by atoms with Crippen LogP contribution in [0.25, 0.3) is 5.69 Å². The number of benzene rings is 1. The normalized spacial score (nSPS) is 17.7. The summed E-state index contributed by atoms with van der Waals surface area (Å²) in [6.07, 6.45) is 4.65. The average Bonchev–Trinajstić information content (AvgIpc) is 3.20. The third kappa shape index (κ3) is 3.10. The molecule has 1 aromatic carbocycles. The number of rotatable bonds is 3. The van der Waals surface area contributed by atoms with Gasteiger partial charge in [-0.15, -0.1) is 0 Å². The maximum absolute atomic E-state index is 12.4. The number of anilines is 1.